The van der Waals surface area contributed by atoms with Crippen LogP contribution >= 0.6 is 11.6 Å². The van der Waals surface area contributed by atoms with Gasteiger partial charge in [0.25, 0.3) is 0 Å². The summed E-state index contributed by atoms with van der Waals surface area (Å²) in [7, 11) is 0. The maximum Gasteiger partial charge on any atom is 0.224 e. The molecule has 0 unspecified atom stereocenters. The highest BCUT2D eigenvalue weighted by Crippen LogP contribution is 2.19. The number of halogens is 1. The van der Waals surface area contributed by atoms with Crippen molar-refractivity contribution in [1.82, 2.24) is 4.98 Å². The molecule has 0 aromatic carbocycles. The number of aromatic nitrogens is 1. The third kappa shape index (κ3) is 4.62. The minimum absolute atomic E-state index is 0.00556. The highest BCUT2D eigenvalue weighted by atomic mass is 35.5. The van der Waals surface area contributed by atoms with Crippen LogP contribution < -0.4 is 5.32 Å². The molecule has 1 N–H and O–H groups in total. The first-order chi connectivity index (χ1) is 7.74. The maximum absolute atomic E-state index is 11.5. The molecule has 0 fully saturated rings. The van der Waals surface area contributed by atoms with Crippen molar-refractivity contribution in [2.75, 3.05) is 5.32 Å². The number of anilines is 1. The van der Waals surface area contributed by atoms with Crippen molar-refractivity contribution < 1.29 is 4.79 Å². The van der Waals surface area contributed by atoms with Crippen LogP contribution in [0.15, 0.2) is 18.5 Å². The average Bonchev–Trinajstić information content (AvgIpc) is 2.28. The van der Waals surface area contributed by atoms with Crippen LogP contribution in [0.1, 0.15) is 39.0 Å². The third-order valence-corrected chi connectivity index (χ3v) is 2.63. The average molecular weight is 241 g/mol. The van der Waals surface area contributed by atoms with Crippen molar-refractivity contribution in [3.8, 4) is 0 Å². The van der Waals surface area contributed by atoms with Crippen molar-refractivity contribution in [2.24, 2.45) is 0 Å². The number of carbonyl (C=O) groups is 1. The molecule has 16 heavy (non-hydrogen) atoms. The fraction of sp³-hybridized carbons (Fsp3) is 0.500. The van der Waals surface area contributed by atoms with E-state index in [1.165, 1.54) is 12.8 Å². The molecule has 0 aliphatic carbocycles. The fourth-order valence-corrected chi connectivity index (χ4v) is 1.55. The summed E-state index contributed by atoms with van der Waals surface area (Å²) in [5, 5.41) is 3.28. The van der Waals surface area contributed by atoms with Gasteiger partial charge in [0.15, 0.2) is 0 Å². The molecule has 1 aromatic rings. The second-order valence-corrected chi connectivity index (χ2v) is 4.12. The molecule has 88 valence electrons. The summed E-state index contributed by atoms with van der Waals surface area (Å²) in [5.41, 5.74) is 0.588. The molecule has 0 aliphatic rings. The molecule has 3 nitrogen and oxygen atoms in total. The fourth-order valence-electron chi connectivity index (χ4n) is 1.39. The Balaban J connectivity index is 2.32. The summed E-state index contributed by atoms with van der Waals surface area (Å²) in [6.45, 7) is 2.15. The number of nitrogens with one attached hydrogen (secondary N) is 1. The van der Waals surface area contributed by atoms with Gasteiger partial charge in [0.05, 0.1) is 16.9 Å². The monoisotopic (exact) mass is 240 g/mol. The SMILES string of the molecule is CCCCCCC(=O)Nc1cnccc1Cl. The first kappa shape index (κ1) is 13.0. The van der Waals surface area contributed by atoms with Crippen molar-refractivity contribution in [1.29, 1.82) is 0 Å². The van der Waals surface area contributed by atoms with Gasteiger partial charge in [-0.3, -0.25) is 9.78 Å². The summed E-state index contributed by atoms with van der Waals surface area (Å²) in [6, 6.07) is 1.66. The summed E-state index contributed by atoms with van der Waals surface area (Å²) in [6.07, 6.45) is 8.09. The van der Waals surface area contributed by atoms with Gasteiger partial charge in [-0.2, -0.15) is 0 Å². The van der Waals surface area contributed by atoms with E-state index in [0.29, 0.717) is 17.1 Å². The normalized spacial score (nSPS) is 10.1. The first-order valence-electron chi connectivity index (χ1n) is 5.63. The first-order valence-corrected chi connectivity index (χ1v) is 6.01. The minimum Gasteiger partial charge on any atom is -0.324 e. The topological polar surface area (TPSA) is 42.0 Å². The Bertz CT molecular complexity index is 342. The molecular weight excluding hydrogens is 224 g/mol. The largest absolute Gasteiger partial charge is 0.324 e. The Morgan fingerprint density at radius 2 is 2.25 bits per heavy atom. The summed E-state index contributed by atoms with van der Waals surface area (Å²) in [5.74, 6) is 0.00556. The van der Waals surface area contributed by atoms with Crippen molar-refractivity contribution in [3.63, 3.8) is 0 Å². The lowest BCUT2D eigenvalue weighted by Gasteiger charge is -2.05. The van der Waals surface area contributed by atoms with E-state index in [1.54, 1.807) is 18.5 Å². The van der Waals surface area contributed by atoms with E-state index < -0.39 is 0 Å². The van der Waals surface area contributed by atoms with E-state index in [9.17, 15) is 4.79 Å². The number of carbonyl (C=O) groups excluding carboxylic acids is 1. The molecule has 0 aliphatic heterocycles. The predicted octanol–water partition coefficient (Wildman–Crippen LogP) is 3.64. The zero-order chi connectivity index (χ0) is 11.8. The Morgan fingerprint density at radius 1 is 1.44 bits per heavy atom. The van der Waals surface area contributed by atoms with Gasteiger partial charge >= 0.3 is 0 Å². The summed E-state index contributed by atoms with van der Waals surface area (Å²) < 4.78 is 0. The number of unbranched alkanes of at least 4 members (excludes halogenated alkanes) is 3. The lowest BCUT2D eigenvalue weighted by Crippen LogP contribution is -2.11. The molecule has 1 aromatic heterocycles. The Hall–Kier alpha value is -1.09. The van der Waals surface area contributed by atoms with Crippen LogP contribution in [0.3, 0.4) is 0 Å². The Labute approximate surface area is 101 Å². The molecule has 1 heterocycles. The van der Waals surface area contributed by atoms with Gasteiger partial charge in [0.1, 0.15) is 0 Å². The molecule has 1 amide bonds. The van der Waals surface area contributed by atoms with Gasteiger partial charge in [-0.15, -0.1) is 0 Å². The van der Waals surface area contributed by atoms with Crippen molar-refractivity contribution in [2.45, 2.75) is 39.0 Å². The van der Waals surface area contributed by atoms with Crippen molar-refractivity contribution in [3.05, 3.63) is 23.5 Å². The van der Waals surface area contributed by atoms with Gasteiger partial charge in [-0.05, 0) is 12.5 Å². The molecule has 0 radical (unpaired) electrons. The highest BCUT2D eigenvalue weighted by molar-refractivity contribution is 6.33. The van der Waals surface area contributed by atoms with Gasteiger partial charge in [-0.25, -0.2) is 0 Å². The number of amides is 1. The maximum atomic E-state index is 11.5. The Kier molecular flexibility index (Phi) is 5.86. The Morgan fingerprint density at radius 3 is 2.94 bits per heavy atom. The molecule has 0 saturated carbocycles. The summed E-state index contributed by atoms with van der Waals surface area (Å²) >= 11 is 5.90. The second kappa shape index (κ2) is 7.23. The van der Waals surface area contributed by atoms with Crippen LogP contribution in [0.2, 0.25) is 5.02 Å². The third-order valence-electron chi connectivity index (χ3n) is 2.30. The molecule has 0 spiro atoms. The van der Waals surface area contributed by atoms with Crippen LogP contribution in [0.5, 0.6) is 0 Å². The van der Waals surface area contributed by atoms with Gasteiger partial charge < -0.3 is 5.32 Å². The lowest BCUT2D eigenvalue weighted by atomic mass is 10.1. The molecule has 1 rings (SSSR count). The number of hydrogen-bond acceptors (Lipinski definition) is 2. The highest BCUT2D eigenvalue weighted by Gasteiger charge is 2.04. The van der Waals surface area contributed by atoms with E-state index in [4.69, 9.17) is 11.6 Å². The number of hydrogen-bond donors (Lipinski definition) is 1. The number of pyridine rings is 1. The van der Waals surface area contributed by atoms with E-state index in [-0.39, 0.29) is 5.91 Å². The predicted molar refractivity (Wildman–Crippen MR) is 66.6 cm³/mol. The number of rotatable bonds is 6. The van der Waals surface area contributed by atoms with Crippen LogP contribution in [0, 0.1) is 0 Å². The number of nitrogens with zero attached hydrogens (tertiary/aromatic N) is 1. The van der Waals surface area contributed by atoms with Gasteiger partial charge in [-0.1, -0.05) is 37.8 Å². The van der Waals surface area contributed by atoms with E-state index in [0.717, 1.165) is 12.8 Å². The van der Waals surface area contributed by atoms with Gasteiger partial charge in [0, 0.05) is 12.6 Å². The smallest absolute Gasteiger partial charge is 0.224 e. The van der Waals surface area contributed by atoms with Crippen LogP contribution in [-0.4, -0.2) is 10.9 Å². The van der Waals surface area contributed by atoms with Crippen LogP contribution in [0.25, 0.3) is 0 Å². The molecular formula is C12H17ClN2O. The molecule has 0 saturated heterocycles. The van der Waals surface area contributed by atoms with Crippen molar-refractivity contribution >= 4 is 23.2 Å². The molecule has 4 heteroatoms. The lowest BCUT2D eigenvalue weighted by molar-refractivity contribution is -0.116. The van der Waals surface area contributed by atoms with E-state index in [2.05, 4.69) is 17.2 Å². The quantitative estimate of drug-likeness (QED) is 0.772. The zero-order valence-electron chi connectivity index (χ0n) is 9.50. The van der Waals surface area contributed by atoms with E-state index in [1.807, 2.05) is 0 Å². The van der Waals surface area contributed by atoms with Crippen LogP contribution in [0.4, 0.5) is 5.69 Å². The zero-order valence-corrected chi connectivity index (χ0v) is 10.3. The van der Waals surface area contributed by atoms with Crippen LogP contribution in [-0.2, 0) is 4.79 Å². The second-order valence-electron chi connectivity index (χ2n) is 3.71. The minimum atomic E-state index is 0.00556. The standard InChI is InChI=1S/C12H17ClN2O/c1-2-3-4-5-6-12(16)15-11-9-14-8-7-10(11)13/h7-9H,2-6H2,1H3,(H,15,16). The van der Waals surface area contributed by atoms with Gasteiger partial charge in [0.2, 0.25) is 5.91 Å². The molecule has 0 bridgehead atoms. The van der Waals surface area contributed by atoms with E-state index >= 15 is 0 Å². The molecule has 0 atom stereocenters. The summed E-state index contributed by atoms with van der Waals surface area (Å²) in [4.78, 5) is 15.4.